The minimum Gasteiger partial charge on any atom is -0.458 e. The average molecular weight is 550 g/mol. The Bertz CT molecular complexity index is 587. The number of esters is 1. The van der Waals surface area contributed by atoms with Crippen LogP contribution in [0, 0.1) is 11.8 Å². The molecule has 0 aliphatic rings. The van der Waals surface area contributed by atoms with Crippen LogP contribution in [0.3, 0.4) is 0 Å². The normalized spacial score (nSPS) is 15.9. The Morgan fingerprint density at radius 2 is 1.41 bits per heavy atom. The monoisotopic (exact) mass is 549 g/mol. The predicted octanol–water partition coefficient (Wildman–Crippen LogP) is 7.45. The number of hydrogen-bond acceptors (Lipinski definition) is 6. The molecule has 0 bridgehead atoms. The Morgan fingerprint density at radius 1 is 0.838 bits per heavy atom. The lowest BCUT2D eigenvalue weighted by Crippen LogP contribution is -2.29. The fraction of sp³-hybridized carbons (Fsp3) is 0.966. The lowest BCUT2D eigenvalue weighted by atomic mass is 9.93. The third-order valence-corrected chi connectivity index (χ3v) is 8.27. The maximum absolute atomic E-state index is 12.4. The van der Waals surface area contributed by atoms with Crippen molar-refractivity contribution < 1.29 is 28.3 Å². The van der Waals surface area contributed by atoms with Gasteiger partial charge >= 0.3 is 13.6 Å². The molecule has 7 nitrogen and oxygen atoms in total. The molecule has 4 unspecified atom stereocenters. The summed E-state index contributed by atoms with van der Waals surface area (Å²) in [7, 11) is -3.76. The molecule has 222 valence electrons. The summed E-state index contributed by atoms with van der Waals surface area (Å²) in [5, 5.41) is 0. The van der Waals surface area contributed by atoms with Gasteiger partial charge in [-0.25, -0.2) is 0 Å². The number of carbonyl (C=O) groups is 1. The van der Waals surface area contributed by atoms with Gasteiger partial charge in [0.1, 0.15) is 6.10 Å². The summed E-state index contributed by atoms with van der Waals surface area (Å²) >= 11 is 0. The molecule has 0 aliphatic heterocycles. The molecule has 8 heteroatoms. The number of rotatable bonds is 26. The number of hydrogen-bond donors (Lipinski definition) is 1. The molecule has 0 saturated carbocycles. The Labute approximate surface area is 228 Å². The van der Waals surface area contributed by atoms with Crippen molar-refractivity contribution in [1.29, 1.82) is 0 Å². The molecular formula is C29H60NO6P. The van der Waals surface area contributed by atoms with Crippen molar-refractivity contribution in [3.63, 3.8) is 0 Å². The second-order valence-electron chi connectivity index (χ2n) is 10.9. The minimum atomic E-state index is -3.76. The van der Waals surface area contributed by atoms with Crippen molar-refractivity contribution in [1.82, 2.24) is 4.90 Å². The zero-order valence-electron chi connectivity index (χ0n) is 25.0. The molecule has 0 saturated heterocycles. The van der Waals surface area contributed by atoms with Crippen LogP contribution in [0.15, 0.2) is 0 Å². The first-order valence-electron chi connectivity index (χ1n) is 15.1. The van der Waals surface area contributed by atoms with Crippen LogP contribution in [0.5, 0.6) is 0 Å². The van der Waals surface area contributed by atoms with Crippen molar-refractivity contribution in [3.8, 4) is 0 Å². The number of ether oxygens (including phenoxy) is 2. The molecule has 1 N–H and O–H groups in total. The van der Waals surface area contributed by atoms with Crippen molar-refractivity contribution >= 4 is 13.6 Å². The van der Waals surface area contributed by atoms with Crippen molar-refractivity contribution in [2.24, 2.45) is 11.8 Å². The lowest BCUT2D eigenvalue weighted by Gasteiger charge is -2.23. The molecule has 0 aromatic heterocycles. The molecule has 0 radical (unpaired) electrons. The van der Waals surface area contributed by atoms with E-state index in [1.54, 1.807) is 0 Å². The van der Waals surface area contributed by atoms with Gasteiger partial charge in [-0.2, -0.15) is 0 Å². The highest BCUT2D eigenvalue weighted by atomic mass is 31.2. The maximum atomic E-state index is 12.4. The van der Waals surface area contributed by atoms with E-state index in [0.29, 0.717) is 25.0 Å². The summed E-state index contributed by atoms with van der Waals surface area (Å²) in [6.45, 7) is 14.8. The number of unbranched alkanes of at least 4 members (excludes halogenated alkanes) is 9. The molecule has 0 spiro atoms. The molecule has 0 fully saturated rings. The van der Waals surface area contributed by atoms with E-state index in [-0.39, 0.29) is 19.4 Å². The molecule has 37 heavy (non-hydrogen) atoms. The Hall–Kier alpha value is -0.460. The topological polar surface area (TPSA) is 85.3 Å². The van der Waals surface area contributed by atoms with Gasteiger partial charge < -0.3 is 23.8 Å². The van der Waals surface area contributed by atoms with Crippen LogP contribution in [0.25, 0.3) is 0 Å². The zero-order valence-corrected chi connectivity index (χ0v) is 25.9. The summed E-state index contributed by atoms with van der Waals surface area (Å²) in [5.41, 5.74) is 0. The SMILES string of the molecule is CCCCCCCCCCCCC(C)CC(C)COCC(COP(=O)(O)CCN(CC)CC)OC(C)=O. The van der Waals surface area contributed by atoms with Crippen molar-refractivity contribution in [3.05, 3.63) is 0 Å². The first kappa shape index (κ1) is 36.5. The van der Waals surface area contributed by atoms with Crippen molar-refractivity contribution in [2.75, 3.05) is 45.6 Å². The molecule has 0 aromatic rings. The Morgan fingerprint density at radius 3 is 1.95 bits per heavy atom. The van der Waals surface area contributed by atoms with E-state index in [9.17, 15) is 14.3 Å². The van der Waals surface area contributed by atoms with Crippen LogP contribution < -0.4 is 0 Å². The van der Waals surface area contributed by atoms with E-state index in [0.717, 1.165) is 19.5 Å². The molecule has 4 atom stereocenters. The van der Waals surface area contributed by atoms with Gasteiger partial charge in [-0.15, -0.1) is 0 Å². The number of nitrogens with zero attached hydrogens (tertiary/aromatic N) is 1. The van der Waals surface area contributed by atoms with Gasteiger partial charge in [0.05, 0.1) is 19.4 Å². The third kappa shape index (κ3) is 23.2. The molecular weight excluding hydrogens is 489 g/mol. The molecule has 0 amide bonds. The smallest absolute Gasteiger partial charge is 0.329 e. The van der Waals surface area contributed by atoms with Gasteiger partial charge in [-0.1, -0.05) is 105 Å². The highest BCUT2D eigenvalue weighted by molar-refractivity contribution is 7.52. The van der Waals surface area contributed by atoms with Gasteiger partial charge in [0.2, 0.25) is 0 Å². The van der Waals surface area contributed by atoms with E-state index in [2.05, 4.69) is 25.7 Å². The van der Waals surface area contributed by atoms with Crippen LogP contribution in [0.1, 0.15) is 119 Å². The van der Waals surface area contributed by atoms with Crippen LogP contribution in [-0.4, -0.2) is 67.5 Å². The largest absolute Gasteiger partial charge is 0.458 e. The highest BCUT2D eigenvalue weighted by Crippen LogP contribution is 2.41. The van der Waals surface area contributed by atoms with Gasteiger partial charge in [-0.05, 0) is 31.3 Å². The predicted molar refractivity (Wildman–Crippen MR) is 154 cm³/mol. The lowest BCUT2D eigenvalue weighted by molar-refractivity contribution is -0.151. The molecule has 0 rings (SSSR count). The van der Waals surface area contributed by atoms with Crippen LogP contribution in [0.4, 0.5) is 0 Å². The summed E-state index contributed by atoms with van der Waals surface area (Å²) in [5.74, 6) is 0.604. The summed E-state index contributed by atoms with van der Waals surface area (Å²) < 4.78 is 28.7. The van der Waals surface area contributed by atoms with Crippen molar-refractivity contribution in [2.45, 2.75) is 125 Å². The van der Waals surface area contributed by atoms with E-state index in [4.69, 9.17) is 14.0 Å². The second kappa shape index (κ2) is 23.4. The fourth-order valence-corrected chi connectivity index (χ4v) is 5.74. The molecule has 0 aliphatic carbocycles. The summed E-state index contributed by atoms with van der Waals surface area (Å²) in [6.07, 6.45) is 15.4. The van der Waals surface area contributed by atoms with E-state index >= 15 is 0 Å². The Kier molecular flexibility index (Phi) is 23.1. The summed E-state index contributed by atoms with van der Waals surface area (Å²) in [4.78, 5) is 23.7. The van der Waals surface area contributed by atoms with Gasteiger partial charge in [-0.3, -0.25) is 9.36 Å². The third-order valence-electron chi connectivity index (χ3n) is 6.95. The average Bonchev–Trinajstić information content (AvgIpc) is 2.84. The first-order valence-corrected chi connectivity index (χ1v) is 16.8. The van der Waals surface area contributed by atoms with Gasteiger partial charge in [0, 0.05) is 20.1 Å². The second-order valence-corrected chi connectivity index (χ2v) is 12.8. The van der Waals surface area contributed by atoms with Crippen LogP contribution in [-0.2, 0) is 23.4 Å². The maximum Gasteiger partial charge on any atom is 0.329 e. The molecule has 0 heterocycles. The zero-order chi connectivity index (χ0) is 27.9. The first-order chi connectivity index (χ1) is 17.6. The quantitative estimate of drug-likeness (QED) is 0.0681. The van der Waals surface area contributed by atoms with Crippen LogP contribution in [0.2, 0.25) is 0 Å². The van der Waals surface area contributed by atoms with Crippen LogP contribution >= 0.6 is 7.60 Å². The van der Waals surface area contributed by atoms with E-state index < -0.39 is 19.7 Å². The highest BCUT2D eigenvalue weighted by Gasteiger charge is 2.24. The van der Waals surface area contributed by atoms with Gasteiger partial charge in [0.15, 0.2) is 0 Å². The fourth-order valence-electron chi connectivity index (χ4n) is 4.68. The summed E-state index contributed by atoms with van der Waals surface area (Å²) in [6, 6.07) is 0. The number of carbonyl (C=O) groups excluding carboxylic acids is 1. The standard InChI is InChI=1S/C29H60NO6P/c1-7-10-11-12-13-14-15-16-17-18-19-26(4)22-27(5)23-34-24-29(36-28(6)31)25-35-37(32,33)21-20-30(8-2)9-3/h26-27,29H,7-25H2,1-6H3,(H,32,33). The van der Waals surface area contributed by atoms with E-state index in [1.165, 1.54) is 77.6 Å². The molecule has 0 aromatic carbocycles. The van der Waals surface area contributed by atoms with Gasteiger partial charge in [0.25, 0.3) is 0 Å². The Balaban J connectivity index is 4.10. The minimum absolute atomic E-state index is 0.0519. The van der Waals surface area contributed by atoms with E-state index in [1.807, 2.05) is 13.8 Å².